The first-order valence-corrected chi connectivity index (χ1v) is 8.97. The minimum absolute atomic E-state index is 0.150. The molecule has 0 atom stereocenters. The van der Waals surface area contributed by atoms with Crippen LogP contribution in [-0.4, -0.2) is 10.9 Å². The number of aromatic nitrogens is 1. The molecular weight excluding hydrogens is 336 g/mol. The van der Waals surface area contributed by atoms with Crippen molar-refractivity contribution in [2.24, 2.45) is 0 Å². The number of nitrogens with one attached hydrogen (secondary N) is 1. The molecule has 0 unspecified atom stereocenters. The van der Waals surface area contributed by atoms with Crippen molar-refractivity contribution in [3.8, 4) is 11.5 Å². The summed E-state index contributed by atoms with van der Waals surface area (Å²) >= 11 is 0. The van der Waals surface area contributed by atoms with E-state index in [0.29, 0.717) is 34.2 Å². The van der Waals surface area contributed by atoms with Gasteiger partial charge in [-0.3, -0.25) is 4.79 Å². The number of carbonyl (C=O) groups excluding carboxylic acids is 1. The third kappa shape index (κ3) is 3.60. The number of carbonyl (C=O) groups is 1. The summed E-state index contributed by atoms with van der Waals surface area (Å²) in [4.78, 5) is 16.9. The first-order chi connectivity index (χ1) is 13.1. The molecule has 134 valence electrons. The largest absolute Gasteiger partial charge is 0.436 e. The lowest BCUT2D eigenvalue weighted by molar-refractivity contribution is 0.102. The molecule has 1 heterocycles. The highest BCUT2D eigenvalue weighted by Gasteiger charge is 2.11. The van der Waals surface area contributed by atoms with Gasteiger partial charge in [0.25, 0.3) is 5.91 Å². The van der Waals surface area contributed by atoms with Gasteiger partial charge < -0.3 is 9.73 Å². The number of benzene rings is 3. The van der Waals surface area contributed by atoms with Crippen molar-refractivity contribution in [3.63, 3.8) is 0 Å². The summed E-state index contributed by atoms with van der Waals surface area (Å²) < 4.78 is 5.88. The number of fused-ring (bicyclic) bond motifs is 1. The SMILES string of the molecule is CC(C)c1ccc(-c2nc3cc(NC(=O)c4ccccc4)ccc3o2)cc1. The first kappa shape index (κ1) is 17.0. The van der Waals surface area contributed by atoms with E-state index in [1.807, 2.05) is 48.5 Å². The Hall–Kier alpha value is -3.40. The molecule has 0 saturated heterocycles. The fraction of sp³-hybridized carbons (Fsp3) is 0.130. The summed E-state index contributed by atoms with van der Waals surface area (Å²) in [5, 5.41) is 2.90. The molecule has 0 aliphatic carbocycles. The number of hydrogen-bond donors (Lipinski definition) is 1. The van der Waals surface area contributed by atoms with Crippen molar-refractivity contribution >= 4 is 22.7 Å². The molecule has 1 aromatic heterocycles. The summed E-state index contributed by atoms with van der Waals surface area (Å²) in [7, 11) is 0. The summed E-state index contributed by atoms with van der Waals surface area (Å²) in [5.41, 5.74) is 4.92. The van der Waals surface area contributed by atoms with E-state index in [0.717, 1.165) is 5.56 Å². The highest BCUT2D eigenvalue weighted by atomic mass is 16.3. The third-order valence-corrected chi connectivity index (χ3v) is 4.51. The van der Waals surface area contributed by atoms with Crippen LogP contribution < -0.4 is 5.32 Å². The molecule has 1 N–H and O–H groups in total. The van der Waals surface area contributed by atoms with Gasteiger partial charge in [-0.15, -0.1) is 0 Å². The van der Waals surface area contributed by atoms with E-state index < -0.39 is 0 Å². The van der Waals surface area contributed by atoms with Gasteiger partial charge in [0.1, 0.15) is 5.52 Å². The van der Waals surface area contributed by atoms with Crippen LogP contribution in [0.4, 0.5) is 5.69 Å². The van der Waals surface area contributed by atoms with Crippen LogP contribution in [0, 0.1) is 0 Å². The van der Waals surface area contributed by atoms with Crippen LogP contribution in [0.25, 0.3) is 22.6 Å². The molecular formula is C23H20N2O2. The van der Waals surface area contributed by atoms with Gasteiger partial charge >= 0.3 is 0 Å². The molecule has 4 heteroatoms. The fourth-order valence-electron chi connectivity index (χ4n) is 2.93. The lowest BCUT2D eigenvalue weighted by Crippen LogP contribution is -2.11. The van der Waals surface area contributed by atoms with Gasteiger partial charge in [0, 0.05) is 16.8 Å². The number of rotatable bonds is 4. The Balaban J connectivity index is 1.59. The van der Waals surface area contributed by atoms with Crippen molar-refractivity contribution < 1.29 is 9.21 Å². The van der Waals surface area contributed by atoms with Gasteiger partial charge in [0.05, 0.1) is 0 Å². The van der Waals surface area contributed by atoms with Crippen molar-refractivity contribution in [2.45, 2.75) is 19.8 Å². The van der Waals surface area contributed by atoms with Crippen molar-refractivity contribution in [2.75, 3.05) is 5.32 Å². The molecule has 4 rings (SSSR count). The Labute approximate surface area is 157 Å². The van der Waals surface area contributed by atoms with Gasteiger partial charge in [-0.25, -0.2) is 4.98 Å². The van der Waals surface area contributed by atoms with Crippen molar-refractivity contribution in [1.82, 2.24) is 4.98 Å². The van der Waals surface area contributed by atoms with Crippen LogP contribution in [0.5, 0.6) is 0 Å². The smallest absolute Gasteiger partial charge is 0.255 e. The molecule has 0 bridgehead atoms. The van der Waals surface area contributed by atoms with Crippen molar-refractivity contribution in [1.29, 1.82) is 0 Å². The fourth-order valence-corrected chi connectivity index (χ4v) is 2.93. The van der Waals surface area contributed by atoms with E-state index in [-0.39, 0.29) is 5.91 Å². The number of anilines is 1. The zero-order chi connectivity index (χ0) is 18.8. The standard InChI is InChI=1S/C23H20N2O2/c1-15(2)16-8-10-18(11-9-16)23-25-20-14-19(12-13-21(20)27-23)24-22(26)17-6-4-3-5-7-17/h3-15H,1-2H3,(H,24,26). The normalized spacial score (nSPS) is 11.1. The Kier molecular flexibility index (Phi) is 4.47. The summed E-state index contributed by atoms with van der Waals surface area (Å²) in [6.45, 7) is 4.33. The van der Waals surface area contributed by atoms with Crippen LogP contribution in [0.2, 0.25) is 0 Å². The van der Waals surface area contributed by atoms with Gasteiger partial charge in [-0.1, -0.05) is 44.2 Å². The molecule has 0 aliphatic heterocycles. The topological polar surface area (TPSA) is 55.1 Å². The number of amides is 1. The van der Waals surface area contributed by atoms with Crippen LogP contribution >= 0.6 is 0 Å². The number of oxazole rings is 1. The van der Waals surface area contributed by atoms with Gasteiger partial charge in [-0.05, 0) is 53.9 Å². The van der Waals surface area contributed by atoms with Gasteiger partial charge in [0.2, 0.25) is 5.89 Å². The van der Waals surface area contributed by atoms with Gasteiger partial charge in [-0.2, -0.15) is 0 Å². The second-order valence-corrected chi connectivity index (χ2v) is 6.80. The molecule has 0 radical (unpaired) electrons. The molecule has 4 aromatic rings. The second-order valence-electron chi connectivity index (χ2n) is 6.80. The molecule has 1 amide bonds. The highest BCUT2D eigenvalue weighted by molar-refractivity contribution is 6.04. The van der Waals surface area contributed by atoms with E-state index in [4.69, 9.17) is 4.42 Å². The molecule has 27 heavy (non-hydrogen) atoms. The van der Waals surface area contributed by atoms with E-state index in [9.17, 15) is 4.79 Å². The predicted octanol–water partition coefficient (Wildman–Crippen LogP) is 5.87. The summed E-state index contributed by atoms with van der Waals surface area (Å²) in [6, 6.07) is 22.8. The average molecular weight is 356 g/mol. The molecule has 3 aromatic carbocycles. The minimum Gasteiger partial charge on any atom is -0.436 e. The second kappa shape index (κ2) is 7.08. The summed E-state index contributed by atoms with van der Waals surface area (Å²) in [5.74, 6) is 0.910. The minimum atomic E-state index is -0.150. The highest BCUT2D eigenvalue weighted by Crippen LogP contribution is 2.27. The zero-order valence-electron chi connectivity index (χ0n) is 15.3. The average Bonchev–Trinajstić information content (AvgIpc) is 3.12. The first-order valence-electron chi connectivity index (χ1n) is 8.97. The quantitative estimate of drug-likeness (QED) is 0.497. The molecule has 0 fully saturated rings. The molecule has 0 spiro atoms. The summed E-state index contributed by atoms with van der Waals surface area (Å²) in [6.07, 6.45) is 0. The van der Waals surface area contributed by atoms with E-state index in [1.165, 1.54) is 5.56 Å². The monoisotopic (exact) mass is 356 g/mol. The molecule has 4 nitrogen and oxygen atoms in total. The van der Waals surface area contributed by atoms with E-state index in [1.54, 1.807) is 12.1 Å². The lowest BCUT2D eigenvalue weighted by Gasteiger charge is -2.04. The molecule has 0 aliphatic rings. The Morgan fingerprint density at radius 1 is 0.963 bits per heavy atom. The number of hydrogen-bond acceptors (Lipinski definition) is 3. The van der Waals surface area contributed by atoms with Crippen molar-refractivity contribution in [3.05, 3.63) is 83.9 Å². The number of nitrogens with zero attached hydrogens (tertiary/aromatic N) is 1. The van der Waals surface area contributed by atoms with E-state index >= 15 is 0 Å². The van der Waals surface area contributed by atoms with Crippen LogP contribution in [-0.2, 0) is 0 Å². The lowest BCUT2D eigenvalue weighted by atomic mass is 10.0. The maximum absolute atomic E-state index is 12.3. The molecule has 0 saturated carbocycles. The third-order valence-electron chi connectivity index (χ3n) is 4.51. The van der Waals surface area contributed by atoms with Gasteiger partial charge in [0.15, 0.2) is 5.58 Å². The maximum atomic E-state index is 12.3. The Morgan fingerprint density at radius 3 is 2.41 bits per heavy atom. The van der Waals surface area contributed by atoms with E-state index in [2.05, 4.69) is 36.3 Å². The zero-order valence-corrected chi connectivity index (χ0v) is 15.3. The Bertz CT molecular complexity index is 1080. The van der Waals surface area contributed by atoms with Crippen LogP contribution in [0.1, 0.15) is 35.7 Å². The van der Waals surface area contributed by atoms with Crippen LogP contribution in [0.3, 0.4) is 0 Å². The predicted molar refractivity (Wildman–Crippen MR) is 108 cm³/mol. The van der Waals surface area contributed by atoms with Crippen LogP contribution in [0.15, 0.2) is 77.2 Å². The maximum Gasteiger partial charge on any atom is 0.255 e. The Morgan fingerprint density at radius 2 is 1.70 bits per heavy atom.